The lowest BCUT2D eigenvalue weighted by Gasteiger charge is -2.43. The van der Waals surface area contributed by atoms with Crippen molar-refractivity contribution in [3.05, 3.63) is 178 Å². The van der Waals surface area contributed by atoms with Gasteiger partial charge in [-0.25, -0.2) is 0 Å². The SMILES string of the molecule is CC(C)c1cccc(-n2c3cc(C(C)C)ccc3c3c4c5c(C(C)(C)C)cc(C(C)C)cc5n5c4c(cc32)B2c3c-5ccc4c3-n3c5c2cc(C(C)(C)C)cc5c2cc(C(C)(C)C)cc(c23)[Si]42c3cc(C(C)(C)C)ccc3-c3ccc(C(C)(C)C)cc32)c1. The van der Waals surface area contributed by atoms with Crippen LogP contribution in [-0.2, 0) is 27.1 Å². The minimum atomic E-state index is -3.25. The van der Waals surface area contributed by atoms with Crippen LogP contribution in [0.25, 0.3) is 93.6 Å². The summed E-state index contributed by atoms with van der Waals surface area (Å²) in [5.41, 5.74) is 29.9. The summed E-state index contributed by atoms with van der Waals surface area (Å²) in [5.74, 6) is 1.09. The maximum atomic E-state index is 2.88. The highest BCUT2D eigenvalue weighted by molar-refractivity contribution is 7.24. The van der Waals surface area contributed by atoms with E-state index in [4.69, 9.17) is 0 Å². The largest absolute Gasteiger partial charge is 0.310 e. The number of aromatic nitrogens is 3. The zero-order valence-corrected chi connectivity index (χ0v) is 57.4. The molecule has 0 aliphatic carbocycles. The zero-order valence-electron chi connectivity index (χ0n) is 56.4. The van der Waals surface area contributed by atoms with E-state index in [1.165, 1.54) is 160 Å². The van der Waals surface area contributed by atoms with Crippen molar-refractivity contribution in [2.75, 3.05) is 0 Å². The Kier molecular flexibility index (Phi) is 11.1. The Labute approximate surface area is 524 Å². The van der Waals surface area contributed by atoms with E-state index in [1.54, 1.807) is 15.6 Å². The first-order valence-corrected chi connectivity index (χ1v) is 35.2. The molecule has 0 bridgehead atoms. The third-order valence-corrected chi connectivity index (χ3v) is 26.7. The van der Waals surface area contributed by atoms with Gasteiger partial charge in [0.1, 0.15) is 0 Å². The first kappa shape index (κ1) is 55.9. The summed E-state index contributed by atoms with van der Waals surface area (Å²) in [5, 5.41) is 14.5. The van der Waals surface area contributed by atoms with Crippen LogP contribution in [0, 0.1) is 0 Å². The van der Waals surface area contributed by atoms with Crippen LogP contribution in [0.15, 0.2) is 133 Å². The molecule has 0 saturated carbocycles. The van der Waals surface area contributed by atoms with E-state index in [-0.39, 0.29) is 33.8 Å². The van der Waals surface area contributed by atoms with Crippen molar-refractivity contribution in [2.24, 2.45) is 0 Å². The van der Waals surface area contributed by atoms with Gasteiger partial charge in [0.2, 0.25) is 0 Å². The van der Waals surface area contributed by atoms with Crippen molar-refractivity contribution >= 4 is 117 Å². The van der Waals surface area contributed by atoms with Crippen molar-refractivity contribution in [3.63, 3.8) is 0 Å². The molecule has 16 rings (SSSR count). The number of hydrogen-bond donors (Lipinski definition) is 0. The third-order valence-electron chi connectivity index (χ3n) is 21.8. The summed E-state index contributed by atoms with van der Waals surface area (Å²) in [4.78, 5) is 0. The maximum Gasteiger partial charge on any atom is 0.252 e. The maximum absolute atomic E-state index is 3.25. The second-order valence-electron chi connectivity index (χ2n) is 33.6. The Morgan fingerprint density at radius 3 is 1.50 bits per heavy atom. The summed E-state index contributed by atoms with van der Waals surface area (Å²) >= 11 is 0. The van der Waals surface area contributed by atoms with Crippen molar-refractivity contribution in [1.82, 2.24) is 13.7 Å². The van der Waals surface area contributed by atoms with Crippen molar-refractivity contribution in [1.29, 1.82) is 0 Å². The van der Waals surface area contributed by atoms with Gasteiger partial charge in [-0.2, -0.15) is 0 Å². The van der Waals surface area contributed by atoms with E-state index >= 15 is 0 Å². The highest BCUT2D eigenvalue weighted by Gasteiger charge is 2.57. The molecule has 3 aromatic heterocycles. The second-order valence-corrected chi connectivity index (χ2v) is 37.3. The number of benzene rings is 9. The molecule has 0 radical (unpaired) electrons. The molecule has 0 fully saturated rings. The van der Waals surface area contributed by atoms with Crippen LogP contribution >= 0.6 is 0 Å². The highest BCUT2D eigenvalue weighted by atomic mass is 28.3. The van der Waals surface area contributed by atoms with E-state index < -0.39 is 8.07 Å². The normalized spacial score (nSPS) is 15.0. The standard InChI is InChI=1S/C83H88BN3Si/c1-44(2)47-23-22-24-54(33-47)85-64-35-48(45(3)4)25-28-57(64)71-66(85)43-62-77-73(71)72-60(83(19,20)21)34-49(46(5)6)36-65(72)86(77)63-31-32-67-78-74(63)84(62)61-39-52(81(13,14)15)37-58-59-38-53(82(16,17)18)42-70(76(59)87(78)75(58)61)88(67)68-40-50(79(7,8)9)26-29-55(68)56-30-27-51(41-69(56)88)80(10,11)12/h22-46H,1-21H3. The van der Waals surface area contributed by atoms with Crippen LogP contribution < -0.4 is 37.1 Å². The van der Waals surface area contributed by atoms with E-state index in [2.05, 4.69) is 293 Å². The second kappa shape index (κ2) is 17.5. The fourth-order valence-electron chi connectivity index (χ4n) is 16.9. The predicted octanol–water partition coefficient (Wildman–Crippen LogP) is 17.6. The van der Waals surface area contributed by atoms with Crippen LogP contribution in [0.3, 0.4) is 0 Å². The fourth-order valence-corrected chi connectivity index (χ4v) is 22.6. The van der Waals surface area contributed by atoms with Gasteiger partial charge in [-0.3, -0.25) is 0 Å². The summed E-state index contributed by atoms with van der Waals surface area (Å²) in [6.45, 7) is 50.6. The molecular formula is C83H88BN3Si. The zero-order chi connectivity index (χ0) is 62.1. The van der Waals surface area contributed by atoms with Gasteiger partial charge in [-0.1, -0.05) is 230 Å². The van der Waals surface area contributed by atoms with E-state index in [0.29, 0.717) is 17.8 Å². The molecule has 0 unspecified atom stereocenters. The van der Waals surface area contributed by atoms with Gasteiger partial charge in [0, 0.05) is 54.9 Å². The molecule has 12 aromatic rings. The van der Waals surface area contributed by atoms with Crippen molar-refractivity contribution in [3.8, 4) is 28.2 Å². The van der Waals surface area contributed by atoms with Gasteiger partial charge in [0.15, 0.2) is 8.07 Å². The number of hydrogen-bond acceptors (Lipinski definition) is 0. The molecule has 7 heterocycles. The Morgan fingerprint density at radius 2 is 0.909 bits per heavy atom. The molecule has 9 aromatic carbocycles. The number of rotatable bonds is 4. The monoisotopic (exact) mass is 1170 g/mol. The highest BCUT2D eigenvalue weighted by Crippen LogP contribution is 2.50. The van der Waals surface area contributed by atoms with E-state index in [0.717, 1.165) is 0 Å². The molecule has 0 amide bonds. The van der Waals surface area contributed by atoms with E-state index in [1.807, 2.05) is 0 Å². The van der Waals surface area contributed by atoms with Crippen LogP contribution in [0.5, 0.6) is 0 Å². The summed E-state index contributed by atoms with van der Waals surface area (Å²) in [6.07, 6.45) is 0. The smallest absolute Gasteiger partial charge is 0.252 e. The van der Waals surface area contributed by atoms with Crippen LogP contribution in [0.2, 0.25) is 0 Å². The predicted molar refractivity (Wildman–Crippen MR) is 386 cm³/mol. The molecule has 0 atom stereocenters. The minimum Gasteiger partial charge on any atom is -0.310 e. The number of nitrogens with zero attached hydrogens (tertiary/aromatic N) is 3. The molecule has 4 aliphatic rings. The Bertz CT molecular complexity index is 5080. The van der Waals surface area contributed by atoms with Gasteiger partial charge in [-0.05, 0) is 186 Å². The van der Waals surface area contributed by atoms with Gasteiger partial charge < -0.3 is 13.7 Å². The first-order valence-electron chi connectivity index (χ1n) is 33.2. The average molecular weight is 1170 g/mol. The lowest BCUT2D eigenvalue weighted by molar-refractivity contribution is 0.590. The van der Waals surface area contributed by atoms with Crippen molar-refractivity contribution in [2.45, 2.75) is 190 Å². The van der Waals surface area contributed by atoms with Gasteiger partial charge in [0.05, 0.1) is 27.6 Å². The molecule has 3 nitrogen and oxygen atoms in total. The average Bonchev–Trinajstić information content (AvgIpc) is 1.41. The van der Waals surface area contributed by atoms with E-state index in [9.17, 15) is 0 Å². The molecular weight excluding hydrogens is 1080 g/mol. The lowest BCUT2D eigenvalue weighted by Crippen LogP contribution is -2.77. The lowest BCUT2D eigenvalue weighted by atomic mass is 9.34. The van der Waals surface area contributed by atoms with Gasteiger partial charge in [-0.15, -0.1) is 0 Å². The minimum absolute atomic E-state index is 0.0544. The first-order chi connectivity index (χ1) is 41.3. The molecule has 0 saturated heterocycles. The van der Waals surface area contributed by atoms with Crippen LogP contribution in [0.1, 0.15) is 208 Å². The third kappa shape index (κ3) is 7.20. The van der Waals surface area contributed by atoms with Crippen molar-refractivity contribution < 1.29 is 0 Å². The topological polar surface area (TPSA) is 14.8 Å². The molecule has 1 spiro atoms. The Balaban J connectivity index is 1.19. The molecule has 4 aliphatic heterocycles. The Hall–Kier alpha value is -7.34. The summed E-state index contributed by atoms with van der Waals surface area (Å²) < 4.78 is 8.39. The Morgan fingerprint density at radius 1 is 0.364 bits per heavy atom. The fraction of sp³-hybridized carbons (Fsp3) is 0.349. The molecule has 88 heavy (non-hydrogen) atoms. The molecule has 5 heteroatoms. The molecule has 442 valence electrons. The van der Waals surface area contributed by atoms with Crippen LogP contribution in [-0.4, -0.2) is 28.5 Å². The molecule has 0 N–H and O–H groups in total. The van der Waals surface area contributed by atoms with Gasteiger partial charge >= 0.3 is 0 Å². The quantitative estimate of drug-likeness (QED) is 0.156. The summed E-state index contributed by atoms with van der Waals surface area (Å²) in [6, 6.07) is 56.4. The summed E-state index contributed by atoms with van der Waals surface area (Å²) in [7, 11) is -3.25. The van der Waals surface area contributed by atoms with Gasteiger partial charge in [0.25, 0.3) is 6.71 Å². The number of fused-ring (bicyclic) bond motifs is 18. The van der Waals surface area contributed by atoms with Crippen LogP contribution in [0.4, 0.5) is 0 Å².